The fourth-order valence-electron chi connectivity index (χ4n) is 2.67. The van der Waals surface area contributed by atoms with Crippen LogP contribution < -0.4 is 10.9 Å². The van der Waals surface area contributed by atoms with Crippen LogP contribution in [0.2, 0.25) is 0 Å². The predicted octanol–water partition coefficient (Wildman–Crippen LogP) is 8.50. The lowest BCUT2D eigenvalue weighted by Gasteiger charge is -2.07. The van der Waals surface area contributed by atoms with E-state index in [9.17, 15) is 0 Å². The van der Waals surface area contributed by atoms with E-state index in [0.29, 0.717) is 5.69 Å². The highest BCUT2D eigenvalue weighted by atomic mass is 32.1. The van der Waals surface area contributed by atoms with Gasteiger partial charge in [0.25, 0.3) is 0 Å². The number of hydrogen-bond acceptors (Lipinski definition) is 7. The van der Waals surface area contributed by atoms with E-state index in [1.54, 1.807) is 12.1 Å². The molecule has 0 amide bonds. The van der Waals surface area contributed by atoms with Gasteiger partial charge in [-0.05, 0) is 85.0 Å². The van der Waals surface area contributed by atoms with Crippen molar-refractivity contribution in [3.8, 4) is 0 Å². The van der Waals surface area contributed by atoms with Gasteiger partial charge in [0.15, 0.2) is 0 Å². The van der Waals surface area contributed by atoms with Gasteiger partial charge >= 0.3 is 0 Å². The molecule has 0 radical (unpaired) electrons. The predicted molar refractivity (Wildman–Crippen MR) is 138 cm³/mol. The molecule has 4 rings (SSSR count). The Morgan fingerprint density at radius 2 is 0.853 bits per heavy atom. The molecule has 0 heterocycles. The first-order chi connectivity index (χ1) is 16.7. The fraction of sp³-hybridized carbons (Fsp3) is 0. The van der Waals surface area contributed by atoms with E-state index in [1.807, 2.05) is 97.1 Å². The van der Waals surface area contributed by atoms with Gasteiger partial charge in [-0.1, -0.05) is 36.4 Å². The van der Waals surface area contributed by atoms with Crippen LogP contribution in [-0.2, 0) is 0 Å². The number of rotatable bonds is 7. The second-order valence-corrected chi connectivity index (χ2v) is 7.28. The molecule has 166 valence electrons. The van der Waals surface area contributed by atoms with Crippen LogP contribution in [0, 0.1) is 0 Å². The Morgan fingerprint density at radius 1 is 0.471 bits per heavy atom. The summed E-state index contributed by atoms with van der Waals surface area (Å²) in [6.45, 7) is 0. The Morgan fingerprint density at radius 3 is 1.32 bits per heavy atom. The second-order valence-electron chi connectivity index (χ2n) is 6.89. The van der Waals surface area contributed by atoms with Crippen LogP contribution in [-0.4, -0.2) is 5.11 Å². The number of nitrogens with zero attached hydrogens (tertiary/aromatic N) is 6. The van der Waals surface area contributed by atoms with Gasteiger partial charge in [0.2, 0.25) is 5.11 Å². The molecule has 4 aromatic carbocycles. The van der Waals surface area contributed by atoms with Gasteiger partial charge in [0.1, 0.15) is 0 Å². The van der Waals surface area contributed by atoms with Crippen LogP contribution in [0.5, 0.6) is 0 Å². The Kier molecular flexibility index (Phi) is 7.86. The SMILES string of the molecule is S=C(N=Nc1ccc(N=Nc2ccccc2)cc1)NNc1ccc(N=Nc2ccccc2)cc1. The summed E-state index contributed by atoms with van der Waals surface area (Å²) < 4.78 is 0. The van der Waals surface area contributed by atoms with Crippen LogP contribution >= 0.6 is 12.2 Å². The van der Waals surface area contributed by atoms with Crippen LogP contribution in [0.1, 0.15) is 0 Å². The topological polar surface area (TPSA) is 98.2 Å². The summed E-state index contributed by atoms with van der Waals surface area (Å²) in [5.74, 6) is 0. The number of hydrogen-bond donors (Lipinski definition) is 2. The van der Waals surface area contributed by atoms with E-state index in [-0.39, 0.29) is 5.11 Å². The number of hydrazine groups is 1. The number of nitrogens with one attached hydrogen (secondary N) is 2. The summed E-state index contributed by atoms with van der Waals surface area (Å²) in [6.07, 6.45) is 0. The number of thiocarbonyl (C=S) groups is 1. The molecule has 8 nitrogen and oxygen atoms in total. The zero-order valence-corrected chi connectivity index (χ0v) is 18.8. The molecule has 0 aliphatic rings. The minimum absolute atomic E-state index is 0.195. The first kappa shape index (κ1) is 22.6. The molecule has 9 heteroatoms. The quantitative estimate of drug-likeness (QED) is 0.163. The lowest BCUT2D eigenvalue weighted by molar-refractivity contribution is 1.09. The largest absolute Gasteiger partial charge is 0.299 e. The smallest absolute Gasteiger partial charge is 0.232 e. The highest BCUT2D eigenvalue weighted by molar-refractivity contribution is 7.80. The molecular weight excluding hydrogens is 444 g/mol. The Hall–Kier alpha value is -4.63. The third-order valence-electron chi connectivity index (χ3n) is 4.36. The standard InChI is InChI=1S/C25H20N8S/c34-25(32-30-23-15-11-21(12-16-23)28-26-19-7-3-1-4-8-19)33-31-24-17-13-22(14-18-24)29-27-20-9-5-2-6-10-20/h1-18,30H,(H,32,34). The van der Waals surface area contributed by atoms with E-state index in [2.05, 4.69) is 41.5 Å². The zero-order valence-electron chi connectivity index (χ0n) is 18.0. The maximum atomic E-state index is 5.19. The van der Waals surface area contributed by atoms with Crippen molar-refractivity contribution in [2.24, 2.45) is 30.7 Å². The molecule has 34 heavy (non-hydrogen) atoms. The normalized spacial score (nSPS) is 11.3. The van der Waals surface area contributed by atoms with Gasteiger partial charge in [-0.3, -0.25) is 10.9 Å². The molecule has 0 fully saturated rings. The average Bonchev–Trinajstić information content (AvgIpc) is 2.91. The maximum Gasteiger partial charge on any atom is 0.232 e. The first-order valence-corrected chi connectivity index (χ1v) is 10.8. The van der Waals surface area contributed by atoms with Crippen molar-refractivity contribution >= 4 is 51.5 Å². The Balaban J connectivity index is 1.24. The molecule has 0 aliphatic heterocycles. The van der Waals surface area contributed by atoms with Crippen LogP contribution in [0.15, 0.2) is 140 Å². The Labute approximate surface area is 202 Å². The molecule has 0 saturated carbocycles. The molecule has 4 aromatic rings. The lowest BCUT2D eigenvalue weighted by Crippen LogP contribution is -2.25. The maximum absolute atomic E-state index is 5.19. The lowest BCUT2D eigenvalue weighted by atomic mass is 10.3. The van der Waals surface area contributed by atoms with Crippen molar-refractivity contribution in [1.29, 1.82) is 0 Å². The molecule has 2 N–H and O–H groups in total. The van der Waals surface area contributed by atoms with Gasteiger partial charge < -0.3 is 0 Å². The van der Waals surface area contributed by atoms with Crippen molar-refractivity contribution in [3.05, 3.63) is 109 Å². The molecule has 0 atom stereocenters. The molecular formula is C25H20N8S. The third-order valence-corrected chi connectivity index (χ3v) is 4.55. The van der Waals surface area contributed by atoms with Crippen LogP contribution in [0.25, 0.3) is 0 Å². The number of azo groups is 3. The Bertz CT molecular complexity index is 1290. The highest BCUT2D eigenvalue weighted by Crippen LogP contribution is 2.22. The summed E-state index contributed by atoms with van der Waals surface area (Å²) in [7, 11) is 0. The van der Waals surface area contributed by atoms with Crippen molar-refractivity contribution in [1.82, 2.24) is 5.43 Å². The van der Waals surface area contributed by atoms with E-state index in [4.69, 9.17) is 12.2 Å². The van der Waals surface area contributed by atoms with Gasteiger partial charge in [-0.25, -0.2) is 0 Å². The van der Waals surface area contributed by atoms with Gasteiger partial charge in [-0.2, -0.15) is 20.5 Å². The van der Waals surface area contributed by atoms with Gasteiger partial charge in [0, 0.05) is 0 Å². The summed E-state index contributed by atoms with van der Waals surface area (Å²) in [4.78, 5) is 0. The minimum Gasteiger partial charge on any atom is -0.299 e. The van der Waals surface area contributed by atoms with Crippen LogP contribution in [0.3, 0.4) is 0 Å². The van der Waals surface area contributed by atoms with E-state index < -0.39 is 0 Å². The summed E-state index contributed by atoms with van der Waals surface area (Å²) in [6, 6.07) is 33.7. The fourth-order valence-corrected chi connectivity index (χ4v) is 2.76. The van der Waals surface area contributed by atoms with Crippen LogP contribution in [0.4, 0.5) is 34.1 Å². The van der Waals surface area contributed by atoms with Crippen molar-refractivity contribution in [2.45, 2.75) is 0 Å². The monoisotopic (exact) mass is 464 g/mol. The molecule has 0 unspecified atom stereocenters. The zero-order chi connectivity index (χ0) is 23.4. The molecule has 0 bridgehead atoms. The molecule has 0 aromatic heterocycles. The van der Waals surface area contributed by atoms with Crippen molar-refractivity contribution < 1.29 is 0 Å². The first-order valence-electron chi connectivity index (χ1n) is 10.4. The van der Waals surface area contributed by atoms with Crippen molar-refractivity contribution in [2.75, 3.05) is 5.43 Å². The molecule has 0 spiro atoms. The number of benzene rings is 4. The number of anilines is 1. The summed E-state index contributed by atoms with van der Waals surface area (Å²) >= 11 is 5.19. The van der Waals surface area contributed by atoms with Gasteiger partial charge in [0.05, 0.1) is 34.1 Å². The average molecular weight is 465 g/mol. The minimum atomic E-state index is 0.195. The summed E-state index contributed by atoms with van der Waals surface area (Å²) in [5.41, 5.74) is 10.3. The second kappa shape index (κ2) is 11.8. The van der Waals surface area contributed by atoms with E-state index >= 15 is 0 Å². The van der Waals surface area contributed by atoms with Crippen molar-refractivity contribution in [3.63, 3.8) is 0 Å². The van der Waals surface area contributed by atoms with Gasteiger partial charge in [-0.15, -0.1) is 10.2 Å². The highest BCUT2D eigenvalue weighted by Gasteiger charge is 1.97. The summed E-state index contributed by atoms with van der Waals surface area (Å²) in [5, 5.41) is 25.1. The van der Waals surface area contributed by atoms with E-state index in [1.165, 1.54) is 0 Å². The third kappa shape index (κ3) is 7.21. The van der Waals surface area contributed by atoms with E-state index in [0.717, 1.165) is 28.4 Å². The molecule has 0 aliphatic carbocycles. The molecule has 0 saturated heterocycles.